The molecule has 1 amide bonds. The number of nitrogens with one attached hydrogen (secondary N) is 2. The SMILES string of the molecule is CC(=O)Nc1cccc(C(C)NCc2ccccc2OCC2CC2)c1. The van der Waals surface area contributed by atoms with Crippen LogP contribution in [-0.4, -0.2) is 12.5 Å². The van der Waals surface area contributed by atoms with Gasteiger partial charge in [0, 0.05) is 30.8 Å². The van der Waals surface area contributed by atoms with Crippen molar-refractivity contribution >= 4 is 11.6 Å². The number of rotatable bonds is 8. The van der Waals surface area contributed by atoms with Gasteiger partial charge in [0.1, 0.15) is 5.75 Å². The van der Waals surface area contributed by atoms with E-state index in [0.29, 0.717) is 0 Å². The first-order valence-electron chi connectivity index (χ1n) is 8.93. The zero-order chi connectivity index (χ0) is 17.6. The number of carbonyl (C=O) groups excluding carboxylic acids is 1. The highest BCUT2D eigenvalue weighted by atomic mass is 16.5. The number of hydrogen-bond acceptors (Lipinski definition) is 3. The molecule has 25 heavy (non-hydrogen) atoms. The van der Waals surface area contributed by atoms with Crippen LogP contribution in [0, 0.1) is 5.92 Å². The summed E-state index contributed by atoms with van der Waals surface area (Å²) in [6, 6.07) is 16.3. The second-order valence-corrected chi connectivity index (χ2v) is 6.77. The van der Waals surface area contributed by atoms with Crippen LogP contribution in [0.3, 0.4) is 0 Å². The molecule has 1 fully saturated rings. The van der Waals surface area contributed by atoms with Gasteiger partial charge in [-0.1, -0.05) is 30.3 Å². The van der Waals surface area contributed by atoms with Crippen molar-refractivity contribution in [3.05, 3.63) is 59.7 Å². The Morgan fingerprint density at radius 1 is 1.20 bits per heavy atom. The van der Waals surface area contributed by atoms with Gasteiger partial charge in [-0.15, -0.1) is 0 Å². The summed E-state index contributed by atoms with van der Waals surface area (Å²) in [5, 5.41) is 6.38. The highest BCUT2D eigenvalue weighted by Gasteiger charge is 2.22. The Kier molecular flexibility index (Phi) is 5.71. The van der Waals surface area contributed by atoms with Crippen molar-refractivity contribution in [3.8, 4) is 5.75 Å². The smallest absolute Gasteiger partial charge is 0.221 e. The lowest BCUT2D eigenvalue weighted by molar-refractivity contribution is -0.114. The van der Waals surface area contributed by atoms with Gasteiger partial charge in [-0.3, -0.25) is 4.79 Å². The average Bonchev–Trinajstić information content (AvgIpc) is 3.42. The van der Waals surface area contributed by atoms with Crippen molar-refractivity contribution in [1.29, 1.82) is 0 Å². The van der Waals surface area contributed by atoms with Gasteiger partial charge in [-0.25, -0.2) is 0 Å². The molecule has 2 aromatic rings. The zero-order valence-corrected chi connectivity index (χ0v) is 14.9. The maximum atomic E-state index is 11.2. The fourth-order valence-electron chi connectivity index (χ4n) is 2.75. The van der Waals surface area contributed by atoms with Crippen LogP contribution in [0.4, 0.5) is 5.69 Å². The molecule has 4 heteroatoms. The molecular weight excluding hydrogens is 312 g/mol. The third-order valence-corrected chi connectivity index (χ3v) is 4.45. The molecule has 3 rings (SSSR count). The van der Waals surface area contributed by atoms with Gasteiger partial charge in [0.05, 0.1) is 6.61 Å². The minimum absolute atomic E-state index is 0.0560. The van der Waals surface area contributed by atoms with E-state index in [1.54, 1.807) is 0 Å². The molecule has 0 spiro atoms. The molecule has 4 nitrogen and oxygen atoms in total. The molecule has 0 aromatic heterocycles. The number of carbonyl (C=O) groups is 1. The molecule has 0 aliphatic heterocycles. The normalized spacial score (nSPS) is 14.8. The molecule has 0 radical (unpaired) electrons. The third kappa shape index (κ3) is 5.33. The molecule has 0 bridgehead atoms. The Bertz CT molecular complexity index is 725. The summed E-state index contributed by atoms with van der Waals surface area (Å²) in [6.45, 7) is 5.21. The second kappa shape index (κ2) is 8.17. The van der Waals surface area contributed by atoms with Crippen molar-refractivity contribution in [3.63, 3.8) is 0 Å². The first-order valence-corrected chi connectivity index (χ1v) is 8.93. The van der Waals surface area contributed by atoms with Gasteiger partial charge in [-0.2, -0.15) is 0 Å². The molecule has 1 aliphatic rings. The van der Waals surface area contributed by atoms with Gasteiger partial charge in [0.2, 0.25) is 5.91 Å². The van der Waals surface area contributed by atoms with E-state index >= 15 is 0 Å². The number of ether oxygens (including phenoxy) is 1. The molecule has 1 saturated carbocycles. The lowest BCUT2D eigenvalue weighted by Gasteiger charge is -2.17. The third-order valence-electron chi connectivity index (χ3n) is 4.45. The Hall–Kier alpha value is -2.33. The number of benzene rings is 2. The maximum absolute atomic E-state index is 11.2. The predicted molar refractivity (Wildman–Crippen MR) is 101 cm³/mol. The first-order chi connectivity index (χ1) is 12.1. The fraction of sp³-hybridized carbons (Fsp3) is 0.381. The molecule has 0 heterocycles. The molecule has 0 saturated heterocycles. The fourth-order valence-corrected chi connectivity index (χ4v) is 2.75. The summed E-state index contributed by atoms with van der Waals surface area (Å²) < 4.78 is 5.97. The van der Waals surface area contributed by atoms with E-state index in [0.717, 1.165) is 36.1 Å². The van der Waals surface area contributed by atoms with Crippen molar-refractivity contribution in [2.75, 3.05) is 11.9 Å². The first kappa shape index (κ1) is 17.5. The molecular formula is C21H26N2O2. The Balaban J connectivity index is 1.60. The van der Waals surface area contributed by atoms with Crippen molar-refractivity contribution in [1.82, 2.24) is 5.32 Å². The minimum atomic E-state index is -0.0560. The van der Waals surface area contributed by atoms with E-state index < -0.39 is 0 Å². The Morgan fingerprint density at radius 3 is 2.76 bits per heavy atom. The molecule has 132 valence electrons. The monoisotopic (exact) mass is 338 g/mol. The van der Waals surface area contributed by atoms with Gasteiger partial charge in [0.15, 0.2) is 0 Å². The van der Waals surface area contributed by atoms with Gasteiger partial charge in [0.25, 0.3) is 0 Å². The van der Waals surface area contributed by atoms with Crippen LogP contribution in [0.1, 0.15) is 43.9 Å². The van der Waals surface area contributed by atoms with E-state index in [1.165, 1.54) is 25.3 Å². The van der Waals surface area contributed by atoms with Crippen LogP contribution in [-0.2, 0) is 11.3 Å². The molecule has 1 aliphatic carbocycles. The van der Waals surface area contributed by atoms with Gasteiger partial charge < -0.3 is 15.4 Å². The number of anilines is 1. The van der Waals surface area contributed by atoms with Crippen molar-refractivity contribution in [2.24, 2.45) is 5.92 Å². The van der Waals surface area contributed by atoms with Crippen LogP contribution in [0.5, 0.6) is 5.75 Å². The van der Waals surface area contributed by atoms with E-state index in [-0.39, 0.29) is 11.9 Å². The van der Waals surface area contributed by atoms with Gasteiger partial charge >= 0.3 is 0 Å². The lowest BCUT2D eigenvalue weighted by Crippen LogP contribution is -2.19. The Labute approximate surface area is 149 Å². The summed E-state index contributed by atoms with van der Waals surface area (Å²) >= 11 is 0. The van der Waals surface area contributed by atoms with E-state index in [4.69, 9.17) is 4.74 Å². The summed E-state index contributed by atoms with van der Waals surface area (Å²) in [5.74, 6) is 1.66. The summed E-state index contributed by atoms with van der Waals surface area (Å²) in [6.07, 6.45) is 2.59. The van der Waals surface area contributed by atoms with Crippen LogP contribution in [0.25, 0.3) is 0 Å². The summed E-state index contributed by atoms with van der Waals surface area (Å²) in [4.78, 5) is 11.2. The number of hydrogen-bond donors (Lipinski definition) is 2. The molecule has 2 N–H and O–H groups in total. The highest BCUT2D eigenvalue weighted by molar-refractivity contribution is 5.88. The maximum Gasteiger partial charge on any atom is 0.221 e. The standard InChI is InChI=1S/C21H26N2O2/c1-15(18-7-5-8-20(12-18)23-16(2)24)22-13-19-6-3-4-9-21(19)25-14-17-10-11-17/h3-9,12,15,17,22H,10-11,13-14H2,1-2H3,(H,23,24). The molecule has 1 unspecified atom stereocenters. The number of para-hydroxylation sites is 1. The molecule has 2 aromatic carbocycles. The highest BCUT2D eigenvalue weighted by Crippen LogP contribution is 2.30. The summed E-state index contributed by atoms with van der Waals surface area (Å²) in [5.41, 5.74) is 3.14. The summed E-state index contributed by atoms with van der Waals surface area (Å²) in [7, 11) is 0. The largest absolute Gasteiger partial charge is 0.493 e. The van der Waals surface area contributed by atoms with E-state index in [2.05, 4.69) is 29.7 Å². The van der Waals surface area contributed by atoms with Crippen LogP contribution in [0.2, 0.25) is 0 Å². The van der Waals surface area contributed by atoms with Crippen molar-refractivity contribution < 1.29 is 9.53 Å². The average molecular weight is 338 g/mol. The minimum Gasteiger partial charge on any atom is -0.493 e. The van der Waals surface area contributed by atoms with E-state index in [1.807, 2.05) is 36.4 Å². The van der Waals surface area contributed by atoms with Crippen LogP contribution < -0.4 is 15.4 Å². The lowest BCUT2D eigenvalue weighted by atomic mass is 10.1. The molecule has 1 atom stereocenters. The predicted octanol–water partition coefficient (Wildman–Crippen LogP) is 4.28. The zero-order valence-electron chi connectivity index (χ0n) is 14.9. The van der Waals surface area contributed by atoms with Gasteiger partial charge in [-0.05, 0) is 49.4 Å². The van der Waals surface area contributed by atoms with E-state index in [9.17, 15) is 4.79 Å². The Morgan fingerprint density at radius 2 is 2.00 bits per heavy atom. The number of amides is 1. The van der Waals surface area contributed by atoms with Crippen LogP contribution in [0.15, 0.2) is 48.5 Å². The quantitative estimate of drug-likeness (QED) is 0.755. The topological polar surface area (TPSA) is 50.4 Å². The second-order valence-electron chi connectivity index (χ2n) is 6.77. The van der Waals surface area contributed by atoms with Crippen LogP contribution >= 0.6 is 0 Å². The van der Waals surface area contributed by atoms with Crippen molar-refractivity contribution in [2.45, 2.75) is 39.3 Å².